The van der Waals surface area contributed by atoms with Crippen molar-refractivity contribution in [2.24, 2.45) is 5.10 Å². The van der Waals surface area contributed by atoms with Gasteiger partial charge in [-0.05, 0) is 36.4 Å². The number of fused-ring (bicyclic) bond motifs is 1. The van der Waals surface area contributed by atoms with Crippen LogP contribution in [-0.2, 0) is 0 Å². The molecular formula is C19H10F5N3O2. The standard InChI is InChI=1S/C19H10F5N3O2/c20-12-6-4-11(5-7-12)18-26-27(17-16(28-18)8-13(21)10-25-17)14-2-1-3-15(9-14)29-19(22,23)24/h1-10H. The van der Waals surface area contributed by atoms with E-state index >= 15 is 0 Å². The van der Waals surface area contributed by atoms with E-state index in [1.165, 1.54) is 41.4 Å². The number of alkyl halides is 3. The van der Waals surface area contributed by atoms with Gasteiger partial charge in [0.25, 0.3) is 0 Å². The topological polar surface area (TPSA) is 47.0 Å². The Kier molecular flexibility index (Phi) is 4.53. The maximum absolute atomic E-state index is 13.7. The molecular weight excluding hydrogens is 397 g/mol. The molecule has 0 spiro atoms. The van der Waals surface area contributed by atoms with Gasteiger partial charge in [0.2, 0.25) is 5.90 Å². The van der Waals surface area contributed by atoms with E-state index in [9.17, 15) is 22.0 Å². The lowest BCUT2D eigenvalue weighted by atomic mass is 10.2. The van der Waals surface area contributed by atoms with Crippen LogP contribution in [0.3, 0.4) is 0 Å². The zero-order valence-corrected chi connectivity index (χ0v) is 14.3. The van der Waals surface area contributed by atoms with Gasteiger partial charge in [0.05, 0.1) is 11.9 Å². The highest BCUT2D eigenvalue weighted by Gasteiger charge is 2.32. The van der Waals surface area contributed by atoms with Crippen molar-refractivity contribution in [1.29, 1.82) is 0 Å². The number of hydrogen-bond donors (Lipinski definition) is 0. The minimum Gasteiger partial charge on any atom is -0.433 e. The number of hydrogen-bond acceptors (Lipinski definition) is 5. The molecule has 148 valence electrons. The third-order valence-corrected chi connectivity index (χ3v) is 3.78. The summed E-state index contributed by atoms with van der Waals surface area (Å²) in [6, 6.07) is 11.2. The second-order valence-electron chi connectivity index (χ2n) is 5.85. The summed E-state index contributed by atoms with van der Waals surface area (Å²) in [5, 5.41) is 5.42. The number of halogens is 5. The third kappa shape index (κ3) is 4.10. The largest absolute Gasteiger partial charge is 0.573 e. The molecule has 2 aromatic carbocycles. The Bertz CT molecular complexity index is 1080. The van der Waals surface area contributed by atoms with Crippen molar-refractivity contribution in [3.63, 3.8) is 0 Å². The lowest BCUT2D eigenvalue weighted by Gasteiger charge is -2.26. The van der Waals surface area contributed by atoms with Crippen molar-refractivity contribution in [2.75, 3.05) is 5.01 Å². The average molecular weight is 407 g/mol. The van der Waals surface area contributed by atoms with Gasteiger partial charge < -0.3 is 9.47 Å². The number of pyridine rings is 1. The Morgan fingerprint density at radius 1 is 0.931 bits per heavy atom. The first-order valence-electron chi connectivity index (χ1n) is 8.12. The molecule has 4 rings (SSSR count). The lowest BCUT2D eigenvalue weighted by Crippen LogP contribution is -2.25. The molecule has 2 heterocycles. The molecule has 0 unspecified atom stereocenters. The van der Waals surface area contributed by atoms with Gasteiger partial charge in [0.1, 0.15) is 17.4 Å². The van der Waals surface area contributed by atoms with Crippen LogP contribution < -0.4 is 14.5 Å². The fourth-order valence-electron chi connectivity index (χ4n) is 2.61. The molecule has 0 atom stereocenters. The Labute approximate surface area is 160 Å². The molecule has 0 saturated heterocycles. The number of anilines is 2. The predicted molar refractivity (Wildman–Crippen MR) is 93.0 cm³/mol. The first-order valence-corrected chi connectivity index (χ1v) is 8.12. The van der Waals surface area contributed by atoms with Gasteiger partial charge in [-0.3, -0.25) is 0 Å². The summed E-state index contributed by atoms with van der Waals surface area (Å²) in [7, 11) is 0. The van der Waals surface area contributed by atoms with Gasteiger partial charge in [-0.2, -0.15) is 0 Å². The van der Waals surface area contributed by atoms with Crippen molar-refractivity contribution >= 4 is 17.4 Å². The minimum absolute atomic E-state index is 0.0125. The SMILES string of the molecule is Fc1ccc(C2=NN(c3cccc(OC(F)(F)F)c3)c3ncc(F)cc3O2)cc1. The zero-order valence-electron chi connectivity index (χ0n) is 14.3. The van der Waals surface area contributed by atoms with Crippen LogP contribution in [0.2, 0.25) is 0 Å². The molecule has 0 bridgehead atoms. The van der Waals surface area contributed by atoms with Crippen molar-refractivity contribution in [1.82, 2.24) is 4.98 Å². The summed E-state index contributed by atoms with van der Waals surface area (Å²) in [6.07, 6.45) is -3.95. The molecule has 1 aliphatic rings. The Balaban J connectivity index is 1.80. The fraction of sp³-hybridized carbons (Fsp3) is 0.0526. The molecule has 29 heavy (non-hydrogen) atoms. The highest BCUT2D eigenvalue weighted by molar-refractivity contribution is 5.98. The molecule has 0 fully saturated rings. The molecule has 0 N–H and O–H groups in total. The van der Waals surface area contributed by atoms with Gasteiger partial charge in [0, 0.05) is 17.7 Å². The van der Waals surface area contributed by atoms with Gasteiger partial charge in [-0.1, -0.05) is 6.07 Å². The summed E-state index contributed by atoms with van der Waals surface area (Å²) in [6.45, 7) is 0. The normalized spacial score (nSPS) is 13.4. The van der Waals surface area contributed by atoms with Gasteiger partial charge >= 0.3 is 6.36 Å². The molecule has 0 aliphatic carbocycles. The second kappa shape index (κ2) is 7.04. The van der Waals surface area contributed by atoms with Crippen molar-refractivity contribution in [3.8, 4) is 11.5 Å². The van der Waals surface area contributed by atoms with E-state index in [2.05, 4.69) is 14.8 Å². The molecule has 5 nitrogen and oxygen atoms in total. The zero-order chi connectivity index (χ0) is 20.6. The van der Waals surface area contributed by atoms with E-state index < -0.39 is 23.7 Å². The van der Waals surface area contributed by atoms with Gasteiger partial charge in [-0.25, -0.2) is 18.8 Å². The third-order valence-electron chi connectivity index (χ3n) is 3.78. The Morgan fingerprint density at radius 2 is 1.69 bits per heavy atom. The van der Waals surface area contributed by atoms with E-state index in [-0.39, 0.29) is 23.2 Å². The number of benzene rings is 2. The summed E-state index contributed by atoms with van der Waals surface area (Å²) in [5.41, 5.74) is 0.532. The van der Waals surface area contributed by atoms with Crippen LogP contribution in [0.25, 0.3) is 0 Å². The highest BCUT2D eigenvalue weighted by atomic mass is 19.4. The fourth-order valence-corrected chi connectivity index (χ4v) is 2.61. The second-order valence-corrected chi connectivity index (χ2v) is 5.85. The van der Waals surface area contributed by atoms with E-state index in [0.29, 0.717) is 5.56 Å². The van der Waals surface area contributed by atoms with Crippen molar-refractivity contribution in [3.05, 3.63) is 78.0 Å². The van der Waals surface area contributed by atoms with Crippen LogP contribution in [0.5, 0.6) is 11.5 Å². The number of nitrogens with zero attached hydrogens (tertiary/aromatic N) is 3. The van der Waals surface area contributed by atoms with Crippen LogP contribution in [0.1, 0.15) is 5.56 Å². The summed E-state index contributed by atoms with van der Waals surface area (Å²) in [4.78, 5) is 3.92. The molecule has 3 aromatic rings. The van der Waals surface area contributed by atoms with Gasteiger partial charge in [0.15, 0.2) is 11.6 Å². The first kappa shape index (κ1) is 18.7. The summed E-state index contributed by atoms with van der Waals surface area (Å²) >= 11 is 0. The van der Waals surface area contributed by atoms with Crippen LogP contribution in [0.15, 0.2) is 65.9 Å². The van der Waals surface area contributed by atoms with Crippen LogP contribution >= 0.6 is 0 Å². The number of hydrazone groups is 1. The smallest absolute Gasteiger partial charge is 0.433 e. The van der Waals surface area contributed by atoms with Crippen LogP contribution in [0.4, 0.5) is 33.5 Å². The molecule has 0 saturated carbocycles. The molecule has 1 aromatic heterocycles. The van der Waals surface area contributed by atoms with Crippen LogP contribution in [0, 0.1) is 11.6 Å². The molecule has 0 radical (unpaired) electrons. The van der Waals surface area contributed by atoms with Crippen molar-refractivity contribution in [2.45, 2.75) is 6.36 Å². The molecule has 10 heteroatoms. The number of rotatable bonds is 3. The van der Waals surface area contributed by atoms with E-state index in [1.54, 1.807) is 0 Å². The maximum Gasteiger partial charge on any atom is 0.573 e. The number of aromatic nitrogens is 1. The minimum atomic E-state index is -4.87. The van der Waals surface area contributed by atoms with Gasteiger partial charge in [-0.15, -0.1) is 18.3 Å². The van der Waals surface area contributed by atoms with E-state index in [4.69, 9.17) is 4.74 Å². The maximum atomic E-state index is 13.7. The molecule has 1 aliphatic heterocycles. The Morgan fingerprint density at radius 3 is 2.41 bits per heavy atom. The summed E-state index contributed by atoms with van der Waals surface area (Å²) < 4.78 is 74.0. The number of ether oxygens (including phenoxy) is 2. The lowest BCUT2D eigenvalue weighted by molar-refractivity contribution is -0.274. The van der Waals surface area contributed by atoms with E-state index in [0.717, 1.165) is 24.4 Å². The highest BCUT2D eigenvalue weighted by Crippen LogP contribution is 2.38. The Hall–Kier alpha value is -3.69. The summed E-state index contributed by atoms with van der Waals surface area (Å²) in [5.74, 6) is -1.61. The van der Waals surface area contributed by atoms with Crippen LogP contribution in [-0.4, -0.2) is 17.2 Å². The van der Waals surface area contributed by atoms with E-state index in [1.807, 2.05) is 0 Å². The monoisotopic (exact) mass is 407 g/mol. The average Bonchev–Trinajstić information content (AvgIpc) is 2.66. The predicted octanol–water partition coefficient (Wildman–Crippen LogP) is 5.15. The first-order chi connectivity index (χ1) is 13.8. The molecule has 0 amide bonds. The van der Waals surface area contributed by atoms with Crippen molar-refractivity contribution < 1.29 is 31.4 Å². The quantitative estimate of drug-likeness (QED) is 0.564.